The molecule has 0 aliphatic carbocycles. The van der Waals surface area contributed by atoms with Crippen molar-refractivity contribution in [1.29, 1.82) is 0 Å². The molecule has 19 heavy (non-hydrogen) atoms. The number of amides is 2. The molecule has 2 aliphatic rings. The molecule has 2 amide bonds. The molecule has 2 heterocycles. The normalized spacial score (nSPS) is 28.4. The molecule has 0 aromatic carbocycles. The molecule has 5 nitrogen and oxygen atoms in total. The Labute approximate surface area is 115 Å². The van der Waals surface area contributed by atoms with Crippen molar-refractivity contribution in [1.82, 2.24) is 15.5 Å². The smallest absolute Gasteiger partial charge is 0.227 e. The van der Waals surface area contributed by atoms with Gasteiger partial charge in [-0.3, -0.25) is 9.59 Å². The van der Waals surface area contributed by atoms with Gasteiger partial charge in [-0.1, -0.05) is 13.8 Å². The predicted octanol–water partition coefficient (Wildman–Crippen LogP) is 0.359. The van der Waals surface area contributed by atoms with Crippen LogP contribution in [-0.2, 0) is 9.59 Å². The molecular formula is C14H25N3O2. The lowest BCUT2D eigenvalue weighted by Crippen LogP contribution is -2.48. The summed E-state index contributed by atoms with van der Waals surface area (Å²) < 4.78 is 0. The van der Waals surface area contributed by atoms with Crippen LogP contribution in [0.2, 0.25) is 0 Å². The molecule has 2 fully saturated rings. The maximum absolute atomic E-state index is 12.4. The fraction of sp³-hybridized carbons (Fsp3) is 0.857. The van der Waals surface area contributed by atoms with E-state index in [2.05, 4.69) is 17.6 Å². The number of hydrogen-bond acceptors (Lipinski definition) is 3. The van der Waals surface area contributed by atoms with Crippen LogP contribution in [0.3, 0.4) is 0 Å². The van der Waals surface area contributed by atoms with Gasteiger partial charge in [-0.2, -0.15) is 0 Å². The number of hydrogen-bond donors (Lipinski definition) is 2. The summed E-state index contributed by atoms with van der Waals surface area (Å²) in [5.41, 5.74) is 0. The molecule has 108 valence electrons. The van der Waals surface area contributed by atoms with E-state index in [0.29, 0.717) is 12.3 Å². The van der Waals surface area contributed by atoms with E-state index in [-0.39, 0.29) is 23.8 Å². The average Bonchev–Trinajstić information content (AvgIpc) is 2.85. The average molecular weight is 267 g/mol. The van der Waals surface area contributed by atoms with E-state index in [0.717, 1.165) is 39.0 Å². The van der Waals surface area contributed by atoms with Gasteiger partial charge in [0.1, 0.15) is 0 Å². The van der Waals surface area contributed by atoms with Crippen LogP contribution in [0.5, 0.6) is 0 Å². The van der Waals surface area contributed by atoms with Crippen molar-refractivity contribution < 1.29 is 9.59 Å². The summed E-state index contributed by atoms with van der Waals surface area (Å²) in [5.74, 6) is 0.975. The monoisotopic (exact) mass is 267 g/mol. The van der Waals surface area contributed by atoms with Crippen molar-refractivity contribution in [3.63, 3.8) is 0 Å². The molecular weight excluding hydrogens is 242 g/mol. The highest BCUT2D eigenvalue weighted by Gasteiger charge is 2.34. The highest BCUT2D eigenvalue weighted by atomic mass is 16.2. The molecule has 2 atom stereocenters. The Morgan fingerprint density at radius 2 is 1.95 bits per heavy atom. The van der Waals surface area contributed by atoms with Gasteiger partial charge in [-0.25, -0.2) is 0 Å². The van der Waals surface area contributed by atoms with Gasteiger partial charge in [-0.05, 0) is 25.3 Å². The maximum atomic E-state index is 12.4. The Bertz CT molecular complexity index is 338. The second-order valence-corrected chi connectivity index (χ2v) is 5.76. The number of nitrogens with zero attached hydrogens (tertiary/aromatic N) is 1. The van der Waals surface area contributed by atoms with Crippen LogP contribution in [0.15, 0.2) is 0 Å². The van der Waals surface area contributed by atoms with Crippen LogP contribution in [0.1, 0.15) is 33.1 Å². The summed E-state index contributed by atoms with van der Waals surface area (Å²) in [6.07, 6.45) is 2.29. The zero-order chi connectivity index (χ0) is 13.8. The van der Waals surface area contributed by atoms with Crippen LogP contribution in [0.25, 0.3) is 0 Å². The van der Waals surface area contributed by atoms with Crippen molar-refractivity contribution in [2.24, 2.45) is 11.8 Å². The van der Waals surface area contributed by atoms with Gasteiger partial charge < -0.3 is 15.5 Å². The lowest BCUT2D eigenvalue weighted by atomic mass is 9.95. The van der Waals surface area contributed by atoms with Crippen molar-refractivity contribution in [3.8, 4) is 0 Å². The lowest BCUT2D eigenvalue weighted by molar-refractivity contribution is -0.137. The highest BCUT2D eigenvalue weighted by molar-refractivity contribution is 5.80. The van der Waals surface area contributed by atoms with E-state index in [9.17, 15) is 9.59 Å². The topological polar surface area (TPSA) is 61.4 Å². The zero-order valence-corrected chi connectivity index (χ0v) is 11.9. The van der Waals surface area contributed by atoms with E-state index in [1.54, 1.807) is 0 Å². The first kappa shape index (κ1) is 14.3. The van der Waals surface area contributed by atoms with Gasteiger partial charge in [0.2, 0.25) is 11.8 Å². The fourth-order valence-corrected chi connectivity index (χ4v) is 2.95. The quantitative estimate of drug-likeness (QED) is 0.776. The number of likely N-dealkylation sites (tertiary alicyclic amines) is 1. The van der Waals surface area contributed by atoms with Gasteiger partial charge in [0.25, 0.3) is 0 Å². The number of nitrogens with one attached hydrogen (secondary N) is 2. The Kier molecular flexibility index (Phi) is 4.80. The van der Waals surface area contributed by atoms with Gasteiger partial charge >= 0.3 is 0 Å². The summed E-state index contributed by atoms with van der Waals surface area (Å²) in [6.45, 7) is 7.30. The molecule has 0 bridgehead atoms. The molecule has 0 unspecified atom stereocenters. The van der Waals surface area contributed by atoms with E-state index >= 15 is 0 Å². The molecule has 2 N–H and O–H groups in total. The predicted molar refractivity (Wildman–Crippen MR) is 73.6 cm³/mol. The first-order valence-electron chi connectivity index (χ1n) is 7.40. The number of carbonyl (C=O) groups is 2. The lowest BCUT2D eigenvalue weighted by Gasteiger charge is -2.34. The molecule has 0 aromatic rings. The van der Waals surface area contributed by atoms with E-state index < -0.39 is 0 Å². The molecule has 2 saturated heterocycles. The summed E-state index contributed by atoms with van der Waals surface area (Å²) in [6, 6.07) is 0.246. The van der Waals surface area contributed by atoms with Crippen LogP contribution in [0.4, 0.5) is 0 Å². The van der Waals surface area contributed by atoms with Crippen molar-refractivity contribution in [2.45, 2.75) is 39.2 Å². The van der Waals surface area contributed by atoms with Crippen molar-refractivity contribution >= 4 is 11.8 Å². The van der Waals surface area contributed by atoms with Gasteiger partial charge in [0.05, 0.1) is 5.92 Å². The third-order valence-electron chi connectivity index (χ3n) is 4.33. The maximum Gasteiger partial charge on any atom is 0.227 e. The second kappa shape index (κ2) is 6.37. The Hall–Kier alpha value is -1.10. The first-order chi connectivity index (χ1) is 9.11. The minimum absolute atomic E-state index is 0.110. The number of rotatable bonds is 3. The molecule has 2 aliphatic heterocycles. The van der Waals surface area contributed by atoms with Crippen LogP contribution in [-0.4, -0.2) is 48.9 Å². The molecule has 0 spiro atoms. The third-order valence-corrected chi connectivity index (χ3v) is 4.33. The zero-order valence-electron chi connectivity index (χ0n) is 11.9. The molecule has 0 radical (unpaired) electrons. The van der Waals surface area contributed by atoms with Gasteiger partial charge in [-0.15, -0.1) is 0 Å². The highest BCUT2D eigenvalue weighted by Crippen LogP contribution is 2.21. The molecule has 2 rings (SSSR count). The molecule has 0 saturated carbocycles. The fourth-order valence-electron chi connectivity index (χ4n) is 2.95. The van der Waals surface area contributed by atoms with E-state index in [4.69, 9.17) is 0 Å². The molecule has 0 aromatic heterocycles. The van der Waals surface area contributed by atoms with Crippen molar-refractivity contribution in [2.75, 3.05) is 26.2 Å². The van der Waals surface area contributed by atoms with Crippen molar-refractivity contribution in [3.05, 3.63) is 0 Å². The minimum atomic E-state index is 0.110. The second-order valence-electron chi connectivity index (χ2n) is 5.76. The third kappa shape index (κ3) is 3.47. The molecule has 5 heteroatoms. The van der Waals surface area contributed by atoms with Crippen LogP contribution < -0.4 is 10.6 Å². The minimum Gasteiger partial charge on any atom is -0.353 e. The summed E-state index contributed by atoms with van der Waals surface area (Å²) >= 11 is 0. The number of carbonyl (C=O) groups excluding carboxylic acids is 2. The Balaban J connectivity index is 1.79. The Morgan fingerprint density at radius 3 is 2.47 bits per heavy atom. The summed E-state index contributed by atoms with van der Waals surface area (Å²) in [4.78, 5) is 25.7. The SMILES string of the molecule is CCC(=O)NC1CCN(C(=O)[C@@H]2CNC[C@H]2C)CC1. The van der Waals surface area contributed by atoms with Gasteiger partial charge in [0, 0.05) is 32.1 Å². The Morgan fingerprint density at radius 1 is 1.26 bits per heavy atom. The van der Waals surface area contributed by atoms with E-state index in [1.165, 1.54) is 0 Å². The van der Waals surface area contributed by atoms with E-state index in [1.807, 2.05) is 11.8 Å². The largest absolute Gasteiger partial charge is 0.353 e. The summed E-state index contributed by atoms with van der Waals surface area (Å²) in [7, 11) is 0. The first-order valence-corrected chi connectivity index (χ1v) is 7.40. The number of piperidine rings is 1. The van der Waals surface area contributed by atoms with Crippen LogP contribution in [0, 0.1) is 11.8 Å². The standard InChI is InChI=1S/C14H25N3O2/c1-3-13(18)16-11-4-6-17(7-5-11)14(19)12-9-15-8-10(12)2/h10-12,15H,3-9H2,1-2H3,(H,16,18)/t10-,12-/m1/s1. The summed E-state index contributed by atoms with van der Waals surface area (Å²) in [5, 5.41) is 6.30. The van der Waals surface area contributed by atoms with Gasteiger partial charge in [0.15, 0.2) is 0 Å². The van der Waals surface area contributed by atoms with Crippen LogP contribution >= 0.6 is 0 Å².